The molecule has 0 aliphatic heterocycles. The molecular formula is C12H13Cl3N2O2. The number of carbonyl (C=O) groups is 2. The van der Waals surface area contributed by atoms with Crippen molar-refractivity contribution in [3.8, 4) is 0 Å². The first kappa shape index (κ1) is 16.1. The number of amides is 2. The molecule has 0 unspecified atom stereocenters. The number of nitrogens with one attached hydrogen (secondary N) is 2. The lowest BCUT2D eigenvalue weighted by molar-refractivity contribution is -0.115. The van der Waals surface area contributed by atoms with E-state index in [-0.39, 0.29) is 5.91 Å². The molecule has 0 fully saturated rings. The maximum atomic E-state index is 11.9. The van der Waals surface area contributed by atoms with Crippen LogP contribution in [0.4, 0.5) is 5.69 Å². The molecule has 0 aromatic heterocycles. The number of hydrogen-bond acceptors (Lipinski definition) is 2. The Morgan fingerprint density at radius 2 is 1.84 bits per heavy atom. The first-order valence-corrected chi connectivity index (χ1v) is 6.75. The molecule has 1 aromatic carbocycles. The highest BCUT2D eigenvalue weighted by molar-refractivity contribution is 6.76. The summed E-state index contributed by atoms with van der Waals surface area (Å²) >= 11 is 16.4. The van der Waals surface area contributed by atoms with Crippen molar-refractivity contribution in [2.24, 2.45) is 0 Å². The van der Waals surface area contributed by atoms with Crippen LogP contribution in [-0.4, -0.2) is 22.2 Å². The molecule has 0 radical (unpaired) electrons. The maximum absolute atomic E-state index is 11.9. The van der Waals surface area contributed by atoms with Gasteiger partial charge < -0.3 is 10.6 Å². The van der Waals surface area contributed by atoms with Crippen LogP contribution in [-0.2, 0) is 4.79 Å². The SMILES string of the molecule is CCCNC(=O)c1ccccc1NC(=O)C(Cl)(Cl)Cl. The normalized spacial score (nSPS) is 10.9. The van der Waals surface area contributed by atoms with Gasteiger partial charge in [0.15, 0.2) is 0 Å². The fourth-order valence-corrected chi connectivity index (χ4v) is 1.46. The van der Waals surface area contributed by atoms with Gasteiger partial charge in [-0.05, 0) is 18.6 Å². The number of hydrogen-bond donors (Lipinski definition) is 2. The molecular weight excluding hydrogens is 311 g/mol. The Balaban J connectivity index is 2.90. The molecule has 2 amide bonds. The lowest BCUT2D eigenvalue weighted by Crippen LogP contribution is -2.30. The van der Waals surface area contributed by atoms with Gasteiger partial charge in [0.1, 0.15) is 0 Å². The Morgan fingerprint density at radius 3 is 2.42 bits per heavy atom. The van der Waals surface area contributed by atoms with Crippen molar-refractivity contribution in [1.29, 1.82) is 0 Å². The van der Waals surface area contributed by atoms with Crippen molar-refractivity contribution < 1.29 is 9.59 Å². The van der Waals surface area contributed by atoms with Crippen molar-refractivity contribution in [2.75, 3.05) is 11.9 Å². The van der Waals surface area contributed by atoms with Crippen LogP contribution in [0.3, 0.4) is 0 Å². The Hall–Kier alpha value is -0.970. The predicted octanol–water partition coefficient (Wildman–Crippen LogP) is 3.14. The third-order valence-corrected chi connectivity index (χ3v) is 2.73. The Bertz CT molecular complexity index is 472. The third-order valence-electron chi connectivity index (χ3n) is 2.21. The minimum absolute atomic E-state index is 0.290. The van der Waals surface area contributed by atoms with Crippen LogP contribution >= 0.6 is 34.8 Å². The van der Waals surface area contributed by atoms with Gasteiger partial charge in [0, 0.05) is 6.54 Å². The van der Waals surface area contributed by atoms with E-state index in [1.165, 1.54) is 0 Å². The summed E-state index contributed by atoms with van der Waals surface area (Å²) in [6.07, 6.45) is 0.814. The van der Waals surface area contributed by atoms with Crippen LogP contribution in [0.15, 0.2) is 24.3 Å². The minimum atomic E-state index is -2.08. The molecule has 104 valence electrons. The molecule has 0 atom stereocenters. The topological polar surface area (TPSA) is 58.2 Å². The fraction of sp³-hybridized carbons (Fsp3) is 0.333. The molecule has 7 heteroatoms. The van der Waals surface area contributed by atoms with E-state index in [0.717, 1.165) is 6.42 Å². The van der Waals surface area contributed by atoms with E-state index >= 15 is 0 Å². The molecule has 0 spiro atoms. The lowest BCUT2D eigenvalue weighted by Gasteiger charge is -2.14. The predicted molar refractivity (Wildman–Crippen MR) is 78.0 cm³/mol. The summed E-state index contributed by atoms with van der Waals surface area (Å²) in [5.74, 6) is -1.10. The standard InChI is InChI=1S/C12H13Cl3N2O2/c1-2-7-16-10(18)8-5-3-4-6-9(8)17-11(19)12(13,14)15/h3-6H,2,7H2,1H3,(H,16,18)(H,17,19). The average Bonchev–Trinajstić information content (AvgIpc) is 2.35. The fourth-order valence-electron chi connectivity index (χ4n) is 1.32. The van der Waals surface area contributed by atoms with E-state index in [9.17, 15) is 9.59 Å². The van der Waals surface area contributed by atoms with Gasteiger partial charge in [-0.1, -0.05) is 53.9 Å². The number of halogens is 3. The van der Waals surface area contributed by atoms with Gasteiger partial charge in [-0.25, -0.2) is 0 Å². The maximum Gasteiger partial charge on any atom is 0.276 e. The van der Waals surface area contributed by atoms with Crippen LogP contribution in [0.5, 0.6) is 0 Å². The zero-order valence-corrected chi connectivity index (χ0v) is 12.4. The smallest absolute Gasteiger partial charge is 0.276 e. The summed E-state index contributed by atoms with van der Waals surface area (Å²) in [5, 5.41) is 5.12. The van der Waals surface area contributed by atoms with Crippen LogP contribution in [0.25, 0.3) is 0 Å². The molecule has 1 aromatic rings. The Morgan fingerprint density at radius 1 is 1.21 bits per heavy atom. The summed E-state index contributed by atoms with van der Waals surface area (Å²) in [4.78, 5) is 23.5. The van der Waals surface area contributed by atoms with Crippen LogP contribution in [0.2, 0.25) is 0 Å². The first-order chi connectivity index (χ1) is 8.86. The van der Waals surface area contributed by atoms with E-state index in [4.69, 9.17) is 34.8 Å². The summed E-state index contributed by atoms with van der Waals surface area (Å²) in [6, 6.07) is 6.50. The number of anilines is 1. The number of carbonyl (C=O) groups excluding carboxylic acids is 2. The number of benzene rings is 1. The van der Waals surface area contributed by atoms with Crippen molar-refractivity contribution in [1.82, 2.24) is 5.32 Å². The number of alkyl halides is 3. The van der Waals surface area contributed by atoms with Crippen LogP contribution in [0.1, 0.15) is 23.7 Å². The van der Waals surface area contributed by atoms with E-state index in [2.05, 4.69) is 10.6 Å². The molecule has 4 nitrogen and oxygen atoms in total. The van der Waals surface area contributed by atoms with Gasteiger partial charge in [0.2, 0.25) is 0 Å². The van der Waals surface area contributed by atoms with Crippen molar-refractivity contribution in [3.05, 3.63) is 29.8 Å². The van der Waals surface area contributed by atoms with Gasteiger partial charge in [-0.3, -0.25) is 9.59 Å². The Kier molecular flexibility index (Phi) is 5.91. The molecule has 0 heterocycles. The summed E-state index contributed by atoms with van der Waals surface area (Å²) in [7, 11) is 0. The van der Waals surface area contributed by atoms with E-state index < -0.39 is 9.70 Å². The summed E-state index contributed by atoms with van der Waals surface area (Å²) in [5.41, 5.74) is 0.617. The third kappa shape index (κ3) is 4.90. The molecule has 0 aliphatic carbocycles. The molecule has 1 rings (SSSR count). The monoisotopic (exact) mass is 322 g/mol. The van der Waals surface area contributed by atoms with Gasteiger partial charge in [0.05, 0.1) is 11.3 Å². The van der Waals surface area contributed by atoms with Gasteiger partial charge in [-0.15, -0.1) is 0 Å². The molecule has 0 saturated carbocycles. The zero-order chi connectivity index (χ0) is 14.5. The Labute approximate surface area is 126 Å². The molecule has 2 N–H and O–H groups in total. The summed E-state index contributed by atoms with van der Waals surface area (Å²) < 4.78 is -2.08. The second-order valence-corrected chi connectivity index (χ2v) is 6.03. The lowest BCUT2D eigenvalue weighted by atomic mass is 10.1. The molecule has 0 saturated heterocycles. The van der Waals surface area contributed by atoms with E-state index in [1.807, 2.05) is 6.92 Å². The minimum Gasteiger partial charge on any atom is -0.352 e. The quantitative estimate of drug-likeness (QED) is 0.836. The van der Waals surface area contributed by atoms with E-state index in [0.29, 0.717) is 17.8 Å². The number of rotatable bonds is 4. The van der Waals surface area contributed by atoms with Gasteiger partial charge in [0.25, 0.3) is 15.6 Å². The number of para-hydroxylation sites is 1. The van der Waals surface area contributed by atoms with Gasteiger partial charge in [-0.2, -0.15) is 0 Å². The van der Waals surface area contributed by atoms with Crippen molar-refractivity contribution >= 4 is 52.3 Å². The molecule has 0 bridgehead atoms. The summed E-state index contributed by atoms with van der Waals surface area (Å²) in [6.45, 7) is 2.49. The van der Waals surface area contributed by atoms with Crippen LogP contribution < -0.4 is 10.6 Å². The first-order valence-electron chi connectivity index (χ1n) is 5.61. The highest BCUT2D eigenvalue weighted by Gasteiger charge is 2.31. The van der Waals surface area contributed by atoms with E-state index in [1.54, 1.807) is 24.3 Å². The second-order valence-electron chi connectivity index (χ2n) is 3.75. The van der Waals surface area contributed by atoms with Gasteiger partial charge >= 0.3 is 0 Å². The van der Waals surface area contributed by atoms with Crippen molar-refractivity contribution in [3.63, 3.8) is 0 Å². The second kappa shape index (κ2) is 6.98. The zero-order valence-electron chi connectivity index (χ0n) is 10.2. The highest BCUT2D eigenvalue weighted by Crippen LogP contribution is 2.28. The van der Waals surface area contributed by atoms with Crippen molar-refractivity contribution in [2.45, 2.75) is 17.1 Å². The average molecular weight is 324 g/mol. The molecule has 0 aliphatic rings. The largest absolute Gasteiger partial charge is 0.352 e. The highest BCUT2D eigenvalue weighted by atomic mass is 35.6. The molecule has 19 heavy (non-hydrogen) atoms. The van der Waals surface area contributed by atoms with Crippen LogP contribution in [0, 0.1) is 0 Å².